The molecule has 4 aromatic rings. The van der Waals surface area contributed by atoms with Crippen LogP contribution in [0.1, 0.15) is 24.3 Å². The van der Waals surface area contributed by atoms with Crippen LogP contribution in [0, 0.1) is 0 Å². The first-order valence-corrected chi connectivity index (χ1v) is 9.20. The Bertz CT molecular complexity index is 1070. The Kier molecular flexibility index (Phi) is 3.94. The molecule has 1 heterocycles. The van der Waals surface area contributed by atoms with Crippen molar-refractivity contribution in [2.75, 3.05) is 5.32 Å². The lowest BCUT2D eigenvalue weighted by Crippen LogP contribution is -1.96. The van der Waals surface area contributed by atoms with Crippen LogP contribution >= 0.6 is 0 Å². The minimum absolute atomic E-state index is 0.705. The Hall–Kier alpha value is -3.40. The number of benzene rings is 3. The smallest absolute Gasteiger partial charge is 0.141 e. The molecular weight excluding hydrogens is 334 g/mol. The van der Waals surface area contributed by atoms with Crippen LogP contribution < -0.4 is 10.1 Å². The molecule has 0 spiro atoms. The first-order valence-electron chi connectivity index (χ1n) is 9.20. The molecule has 0 amide bonds. The van der Waals surface area contributed by atoms with E-state index < -0.39 is 0 Å². The van der Waals surface area contributed by atoms with Gasteiger partial charge < -0.3 is 10.1 Å². The van der Waals surface area contributed by atoms with Crippen LogP contribution in [-0.4, -0.2) is 9.97 Å². The number of fused-ring (bicyclic) bond motifs is 1. The summed E-state index contributed by atoms with van der Waals surface area (Å²) >= 11 is 0. The van der Waals surface area contributed by atoms with Crippen LogP contribution in [0.5, 0.6) is 11.5 Å². The second kappa shape index (κ2) is 6.72. The Morgan fingerprint density at radius 3 is 2.37 bits per heavy atom. The zero-order valence-corrected chi connectivity index (χ0v) is 14.8. The van der Waals surface area contributed by atoms with Gasteiger partial charge in [-0.05, 0) is 72.9 Å². The average Bonchev–Trinajstić information content (AvgIpc) is 3.56. The first kappa shape index (κ1) is 15.8. The number of para-hydroxylation sites is 1. The van der Waals surface area contributed by atoms with Crippen LogP contribution in [-0.2, 0) is 0 Å². The number of rotatable bonds is 5. The number of nitrogens with one attached hydrogen (secondary N) is 1. The van der Waals surface area contributed by atoms with Crippen molar-refractivity contribution in [2.45, 2.75) is 18.8 Å². The molecule has 27 heavy (non-hydrogen) atoms. The molecule has 132 valence electrons. The van der Waals surface area contributed by atoms with Gasteiger partial charge in [0.15, 0.2) is 0 Å². The van der Waals surface area contributed by atoms with Gasteiger partial charge in [0.1, 0.15) is 23.6 Å². The van der Waals surface area contributed by atoms with Crippen LogP contribution in [0.15, 0.2) is 79.1 Å². The third kappa shape index (κ3) is 3.47. The van der Waals surface area contributed by atoms with Gasteiger partial charge >= 0.3 is 0 Å². The van der Waals surface area contributed by atoms with Gasteiger partial charge in [0.05, 0.1) is 5.52 Å². The summed E-state index contributed by atoms with van der Waals surface area (Å²) in [4.78, 5) is 8.85. The van der Waals surface area contributed by atoms with Crippen molar-refractivity contribution in [2.24, 2.45) is 0 Å². The Labute approximate surface area is 157 Å². The van der Waals surface area contributed by atoms with Gasteiger partial charge in [-0.3, -0.25) is 0 Å². The highest BCUT2D eigenvalue weighted by Crippen LogP contribution is 2.41. The SMILES string of the molecule is c1ccc(Oc2ccc(Nc3ncnc4ccc(C5CC5)cc34)cc2)cc1. The summed E-state index contributed by atoms with van der Waals surface area (Å²) in [6, 6.07) is 24.2. The van der Waals surface area contributed by atoms with Crippen molar-refractivity contribution in [1.29, 1.82) is 0 Å². The molecule has 0 atom stereocenters. The van der Waals surface area contributed by atoms with E-state index in [9.17, 15) is 0 Å². The van der Waals surface area contributed by atoms with E-state index in [4.69, 9.17) is 4.74 Å². The predicted molar refractivity (Wildman–Crippen MR) is 108 cm³/mol. The van der Waals surface area contributed by atoms with Gasteiger partial charge in [0, 0.05) is 11.1 Å². The van der Waals surface area contributed by atoms with Gasteiger partial charge in [-0.1, -0.05) is 24.3 Å². The molecule has 5 rings (SSSR count). The molecule has 1 aliphatic rings. The fourth-order valence-electron chi connectivity index (χ4n) is 3.21. The third-order valence-electron chi connectivity index (χ3n) is 4.80. The van der Waals surface area contributed by atoms with Crippen molar-refractivity contribution >= 4 is 22.4 Å². The molecule has 1 saturated carbocycles. The molecule has 0 radical (unpaired) electrons. The quantitative estimate of drug-likeness (QED) is 0.475. The lowest BCUT2D eigenvalue weighted by atomic mass is 10.1. The standard InChI is InChI=1S/C23H19N3O/c1-2-4-19(5-3-1)27-20-11-9-18(10-12-20)26-23-21-14-17(16-6-7-16)8-13-22(21)24-15-25-23/h1-5,8-16H,6-7H2,(H,24,25,26). The number of anilines is 2. The highest BCUT2D eigenvalue weighted by Gasteiger charge is 2.23. The molecular formula is C23H19N3O. The second-order valence-electron chi connectivity index (χ2n) is 6.84. The topological polar surface area (TPSA) is 47.0 Å². The van der Waals surface area contributed by atoms with Crippen LogP contribution in [0.2, 0.25) is 0 Å². The van der Waals surface area contributed by atoms with E-state index in [-0.39, 0.29) is 0 Å². The maximum absolute atomic E-state index is 5.85. The number of hydrogen-bond acceptors (Lipinski definition) is 4. The predicted octanol–water partition coefficient (Wildman–Crippen LogP) is 6.04. The second-order valence-corrected chi connectivity index (χ2v) is 6.84. The summed E-state index contributed by atoms with van der Waals surface area (Å²) in [6.07, 6.45) is 4.17. The van der Waals surface area contributed by atoms with Crippen LogP contribution in [0.4, 0.5) is 11.5 Å². The molecule has 4 heteroatoms. The maximum atomic E-state index is 5.85. The largest absolute Gasteiger partial charge is 0.457 e. The Balaban J connectivity index is 1.39. The zero-order valence-electron chi connectivity index (χ0n) is 14.8. The molecule has 0 aliphatic heterocycles. The highest BCUT2D eigenvalue weighted by atomic mass is 16.5. The number of nitrogens with zero attached hydrogens (tertiary/aromatic N) is 2. The molecule has 1 aliphatic carbocycles. The van der Waals surface area contributed by atoms with E-state index in [1.807, 2.05) is 54.6 Å². The first-order chi connectivity index (χ1) is 13.3. The van der Waals surface area contributed by atoms with Crippen LogP contribution in [0.3, 0.4) is 0 Å². The molecule has 0 bridgehead atoms. The average molecular weight is 353 g/mol. The van der Waals surface area contributed by atoms with Crippen molar-refractivity contribution in [3.63, 3.8) is 0 Å². The van der Waals surface area contributed by atoms with Gasteiger partial charge in [0.25, 0.3) is 0 Å². The third-order valence-corrected chi connectivity index (χ3v) is 4.80. The normalized spacial score (nSPS) is 13.5. The molecule has 1 aromatic heterocycles. The van der Waals surface area contributed by atoms with Gasteiger partial charge in [-0.2, -0.15) is 0 Å². The molecule has 3 aromatic carbocycles. The molecule has 1 N–H and O–H groups in total. The number of ether oxygens (including phenoxy) is 1. The van der Waals surface area contributed by atoms with Crippen molar-refractivity contribution in [3.05, 3.63) is 84.7 Å². The van der Waals surface area contributed by atoms with E-state index in [1.54, 1.807) is 6.33 Å². The van der Waals surface area contributed by atoms with Crippen molar-refractivity contribution < 1.29 is 4.74 Å². The van der Waals surface area contributed by atoms with Gasteiger partial charge in [-0.15, -0.1) is 0 Å². The minimum atomic E-state index is 0.705. The fraction of sp³-hybridized carbons (Fsp3) is 0.130. The summed E-state index contributed by atoms with van der Waals surface area (Å²) < 4.78 is 5.85. The summed E-state index contributed by atoms with van der Waals surface area (Å²) in [5.41, 5.74) is 3.31. The summed E-state index contributed by atoms with van der Waals surface area (Å²) in [7, 11) is 0. The molecule has 0 unspecified atom stereocenters. The monoisotopic (exact) mass is 353 g/mol. The Morgan fingerprint density at radius 1 is 0.815 bits per heavy atom. The van der Waals surface area contributed by atoms with E-state index >= 15 is 0 Å². The molecule has 4 nitrogen and oxygen atoms in total. The molecule has 0 saturated heterocycles. The summed E-state index contributed by atoms with van der Waals surface area (Å²) in [5, 5.41) is 4.48. The zero-order chi connectivity index (χ0) is 18.1. The van der Waals surface area contributed by atoms with Gasteiger partial charge in [-0.25, -0.2) is 9.97 Å². The summed E-state index contributed by atoms with van der Waals surface area (Å²) in [5.74, 6) is 3.17. The van der Waals surface area contributed by atoms with Crippen molar-refractivity contribution in [3.8, 4) is 11.5 Å². The molecule has 1 fully saturated rings. The van der Waals surface area contributed by atoms with E-state index in [2.05, 4.69) is 33.5 Å². The van der Waals surface area contributed by atoms with E-state index in [0.717, 1.165) is 33.9 Å². The fourth-order valence-corrected chi connectivity index (χ4v) is 3.21. The Morgan fingerprint density at radius 2 is 1.59 bits per heavy atom. The lowest BCUT2D eigenvalue weighted by molar-refractivity contribution is 0.483. The number of aromatic nitrogens is 2. The van der Waals surface area contributed by atoms with Crippen LogP contribution in [0.25, 0.3) is 10.9 Å². The van der Waals surface area contributed by atoms with Crippen molar-refractivity contribution in [1.82, 2.24) is 9.97 Å². The highest BCUT2D eigenvalue weighted by molar-refractivity contribution is 5.91. The van der Waals surface area contributed by atoms with E-state index in [0.29, 0.717) is 5.92 Å². The van der Waals surface area contributed by atoms with Gasteiger partial charge in [0.2, 0.25) is 0 Å². The lowest BCUT2D eigenvalue weighted by Gasteiger charge is -2.11. The van der Waals surface area contributed by atoms with E-state index in [1.165, 1.54) is 18.4 Å². The maximum Gasteiger partial charge on any atom is 0.141 e. The summed E-state index contributed by atoms with van der Waals surface area (Å²) in [6.45, 7) is 0. The minimum Gasteiger partial charge on any atom is -0.457 e. The number of hydrogen-bond donors (Lipinski definition) is 1.